The van der Waals surface area contributed by atoms with Crippen molar-refractivity contribution < 1.29 is 9.59 Å². The quantitative estimate of drug-likeness (QED) is 0.521. The van der Waals surface area contributed by atoms with Gasteiger partial charge in [-0.1, -0.05) is 57.3 Å². The molecular formula is C20H17BrCl2N4O2. The number of amides is 2. The van der Waals surface area contributed by atoms with Gasteiger partial charge in [0.1, 0.15) is 5.15 Å². The summed E-state index contributed by atoms with van der Waals surface area (Å²) in [4.78, 5) is 24.6. The van der Waals surface area contributed by atoms with Crippen LogP contribution in [0.3, 0.4) is 0 Å². The number of hydrogen-bond donors (Lipinski definition) is 2. The zero-order valence-corrected chi connectivity index (χ0v) is 18.5. The molecule has 0 saturated heterocycles. The monoisotopic (exact) mass is 494 g/mol. The molecule has 0 atom stereocenters. The highest BCUT2D eigenvalue weighted by atomic mass is 79.9. The maximum Gasteiger partial charge on any atom is 0.256 e. The second-order valence-corrected chi connectivity index (χ2v) is 7.92. The highest BCUT2D eigenvalue weighted by Crippen LogP contribution is 2.23. The van der Waals surface area contributed by atoms with E-state index in [4.69, 9.17) is 23.2 Å². The highest BCUT2D eigenvalue weighted by Gasteiger charge is 2.21. The van der Waals surface area contributed by atoms with Crippen LogP contribution < -0.4 is 10.6 Å². The Balaban J connectivity index is 1.65. The molecule has 6 nitrogen and oxygen atoms in total. The molecule has 0 saturated carbocycles. The van der Waals surface area contributed by atoms with Crippen molar-refractivity contribution in [1.82, 2.24) is 15.1 Å². The predicted molar refractivity (Wildman–Crippen MR) is 118 cm³/mol. The van der Waals surface area contributed by atoms with Gasteiger partial charge in [-0.3, -0.25) is 9.59 Å². The normalized spacial score (nSPS) is 10.6. The number of nitrogens with one attached hydrogen (secondary N) is 2. The molecule has 0 aliphatic heterocycles. The molecule has 2 amide bonds. The van der Waals surface area contributed by atoms with Gasteiger partial charge in [-0.15, -0.1) is 0 Å². The molecule has 2 aromatic carbocycles. The van der Waals surface area contributed by atoms with E-state index in [2.05, 4.69) is 31.7 Å². The van der Waals surface area contributed by atoms with Crippen LogP contribution in [0.25, 0.3) is 0 Å². The summed E-state index contributed by atoms with van der Waals surface area (Å²) in [5.41, 5.74) is 2.16. The molecule has 3 rings (SSSR count). The Bertz CT molecular complexity index is 1050. The van der Waals surface area contributed by atoms with Gasteiger partial charge in [-0.2, -0.15) is 5.10 Å². The van der Waals surface area contributed by atoms with E-state index in [9.17, 15) is 9.59 Å². The number of carbonyl (C=O) groups excluding carboxylic acids is 2. The third-order valence-corrected chi connectivity index (χ3v) is 5.39. The Kier molecular flexibility index (Phi) is 6.95. The lowest BCUT2D eigenvalue weighted by atomic mass is 10.2. The van der Waals surface area contributed by atoms with Crippen molar-refractivity contribution in [2.45, 2.75) is 13.5 Å². The van der Waals surface area contributed by atoms with E-state index in [1.165, 1.54) is 4.68 Å². The standard InChI is InChI=1S/C20H17BrCl2N4O2/c1-12-18(19(23)27(26-12)11-13-4-2-3-5-16(13)22)20(29)24-10-17(28)25-15-8-6-14(21)7-9-15/h2-9H,10-11H2,1H3,(H,24,29)(H,25,28). The molecule has 1 aromatic heterocycles. The highest BCUT2D eigenvalue weighted by molar-refractivity contribution is 9.10. The second kappa shape index (κ2) is 9.43. The van der Waals surface area contributed by atoms with Crippen LogP contribution in [0.2, 0.25) is 10.2 Å². The first-order valence-electron chi connectivity index (χ1n) is 8.65. The Hall–Kier alpha value is -2.35. The van der Waals surface area contributed by atoms with Crippen molar-refractivity contribution in [2.24, 2.45) is 0 Å². The first-order chi connectivity index (χ1) is 13.8. The van der Waals surface area contributed by atoms with Crippen molar-refractivity contribution in [2.75, 3.05) is 11.9 Å². The maximum atomic E-state index is 12.6. The third-order valence-electron chi connectivity index (χ3n) is 4.11. The first kappa shape index (κ1) is 21.4. The Labute approximate surface area is 186 Å². The summed E-state index contributed by atoms with van der Waals surface area (Å²) in [6, 6.07) is 14.5. The molecule has 0 fully saturated rings. The van der Waals surface area contributed by atoms with E-state index < -0.39 is 5.91 Å². The molecule has 0 unspecified atom stereocenters. The van der Waals surface area contributed by atoms with Crippen LogP contribution in [0.4, 0.5) is 5.69 Å². The van der Waals surface area contributed by atoms with Crippen LogP contribution in [0.5, 0.6) is 0 Å². The fourth-order valence-electron chi connectivity index (χ4n) is 2.69. The van der Waals surface area contributed by atoms with Crippen LogP contribution in [0.15, 0.2) is 53.0 Å². The summed E-state index contributed by atoms with van der Waals surface area (Å²) in [5.74, 6) is -0.818. The number of halogens is 3. The van der Waals surface area contributed by atoms with Gasteiger partial charge in [0.25, 0.3) is 5.91 Å². The number of aryl methyl sites for hydroxylation is 1. The van der Waals surface area contributed by atoms with Crippen molar-refractivity contribution in [3.8, 4) is 0 Å². The second-order valence-electron chi connectivity index (χ2n) is 6.24. The number of benzene rings is 2. The molecule has 2 N–H and O–H groups in total. The molecule has 1 heterocycles. The lowest BCUT2D eigenvalue weighted by molar-refractivity contribution is -0.115. The topological polar surface area (TPSA) is 76.0 Å². The Morgan fingerprint density at radius 3 is 2.48 bits per heavy atom. The first-order valence-corrected chi connectivity index (χ1v) is 10.2. The molecule has 0 spiro atoms. The van der Waals surface area contributed by atoms with Crippen molar-refractivity contribution in [3.63, 3.8) is 0 Å². The number of carbonyl (C=O) groups is 2. The molecular weight excluding hydrogens is 479 g/mol. The fraction of sp³-hybridized carbons (Fsp3) is 0.150. The van der Waals surface area contributed by atoms with Gasteiger partial charge in [-0.25, -0.2) is 4.68 Å². The van der Waals surface area contributed by atoms with Gasteiger partial charge in [0.2, 0.25) is 5.91 Å². The average molecular weight is 496 g/mol. The van der Waals surface area contributed by atoms with Gasteiger partial charge in [0.15, 0.2) is 0 Å². The summed E-state index contributed by atoms with van der Waals surface area (Å²) < 4.78 is 2.41. The molecule has 0 bridgehead atoms. The number of nitrogens with zero attached hydrogens (tertiary/aromatic N) is 2. The predicted octanol–water partition coefficient (Wildman–Crippen LogP) is 4.68. The van der Waals surface area contributed by atoms with Crippen LogP contribution in [0.1, 0.15) is 21.6 Å². The van der Waals surface area contributed by atoms with Crippen LogP contribution in [0, 0.1) is 6.92 Å². The van der Waals surface area contributed by atoms with E-state index in [0.717, 1.165) is 10.0 Å². The smallest absolute Gasteiger partial charge is 0.256 e. The van der Waals surface area contributed by atoms with Crippen LogP contribution >= 0.6 is 39.1 Å². The number of anilines is 1. The molecule has 29 heavy (non-hydrogen) atoms. The molecule has 0 radical (unpaired) electrons. The summed E-state index contributed by atoms with van der Waals surface area (Å²) in [5, 5.41) is 10.4. The molecule has 150 valence electrons. The molecule has 3 aromatic rings. The van der Waals surface area contributed by atoms with Gasteiger partial charge >= 0.3 is 0 Å². The molecule has 9 heteroatoms. The van der Waals surface area contributed by atoms with Gasteiger partial charge in [0.05, 0.1) is 24.3 Å². The largest absolute Gasteiger partial charge is 0.343 e. The third kappa shape index (κ3) is 5.38. The van der Waals surface area contributed by atoms with Gasteiger partial charge in [0, 0.05) is 15.2 Å². The number of rotatable bonds is 6. The minimum atomic E-state index is -0.469. The summed E-state index contributed by atoms with van der Waals surface area (Å²) in [6.07, 6.45) is 0. The van der Waals surface area contributed by atoms with E-state index in [-0.39, 0.29) is 23.2 Å². The Morgan fingerprint density at radius 1 is 1.10 bits per heavy atom. The Morgan fingerprint density at radius 2 is 1.79 bits per heavy atom. The zero-order chi connectivity index (χ0) is 21.0. The van der Waals surface area contributed by atoms with E-state index in [0.29, 0.717) is 22.9 Å². The lowest BCUT2D eigenvalue weighted by Crippen LogP contribution is -2.33. The minimum absolute atomic E-state index is 0.188. The van der Waals surface area contributed by atoms with Gasteiger partial charge in [-0.05, 0) is 42.8 Å². The van der Waals surface area contributed by atoms with E-state index >= 15 is 0 Å². The molecule has 0 aliphatic carbocycles. The van der Waals surface area contributed by atoms with E-state index in [1.807, 2.05) is 30.3 Å². The van der Waals surface area contributed by atoms with Crippen LogP contribution in [-0.4, -0.2) is 28.1 Å². The minimum Gasteiger partial charge on any atom is -0.343 e. The molecule has 0 aliphatic rings. The van der Waals surface area contributed by atoms with Crippen LogP contribution in [-0.2, 0) is 11.3 Å². The van der Waals surface area contributed by atoms with E-state index in [1.54, 1.807) is 25.1 Å². The maximum absolute atomic E-state index is 12.6. The van der Waals surface area contributed by atoms with Crippen molar-refractivity contribution in [3.05, 3.63) is 80.0 Å². The SMILES string of the molecule is Cc1nn(Cc2ccccc2Cl)c(Cl)c1C(=O)NCC(=O)Nc1ccc(Br)cc1. The van der Waals surface area contributed by atoms with Crippen molar-refractivity contribution in [1.29, 1.82) is 0 Å². The average Bonchev–Trinajstić information content (AvgIpc) is 2.97. The van der Waals surface area contributed by atoms with Gasteiger partial charge < -0.3 is 10.6 Å². The summed E-state index contributed by atoms with van der Waals surface area (Å²) in [6.45, 7) is 1.82. The van der Waals surface area contributed by atoms with Crippen molar-refractivity contribution >= 4 is 56.6 Å². The lowest BCUT2D eigenvalue weighted by Gasteiger charge is -2.08. The number of hydrogen-bond acceptors (Lipinski definition) is 3. The fourth-order valence-corrected chi connectivity index (χ4v) is 3.47. The summed E-state index contributed by atoms with van der Waals surface area (Å²) in [7, 11) is 0. The number of aromatic nitrogens is 2. The summed E-state index contributed by atoms with van der Waals surface area (Å²) >= 11 is 15.9. The zero-order valence-electron chi connectivity index (χ0n) is 15.4.